The number of hydrogen-bond acceptors (Lipinski definition) is 2. The predicted octanol–water partition coefficient (Wildman–Crippen LogP) is 14.8. The Balaban J connectivity index is 1.13. The summed E-state index contributed by atoms with van der Waals surface area (Å²) in [6.07, 6.45) is 0.934. The average molecular weight is 727 g/mol. The Kier molecular flexibility index (Phi) is 8.62. The van der Waals surface area contributed by atoms with Crippen LogP contribution in [-0.4, -0.2) is 0 Å². The first-order valence-corrected chi connectivity index (χ1v) is 20.1. The van der Waals surface area contributed by atoms with Gasteiger partial charge in [0.25, 0.3) is 0 Å². The van der Waals surface area contributed by atoms with E-state index in [9.17, 15) is 0 Å². The molecular formula is C54H50N2. The van der Waals surface area contributed by atoms with E-state index in [-0.39, 0.29) is 16.5 Å². The maximum atomic E-state index is 2.56. The van der Waals surface area contributed by atoms with Gasteiger partial charge < -0.3 is 9.80 Å². The number of benzene rings is 8. The topological polar surface area (TPSA) is 6.48 Å². The molecule has 276 valence electrons. The quantitative estimate of drug-likeness (QED) is 0.146. The molecule has 0 N–H and O–H groups in total. The molecule has 56 heavy (non-hydrogen) atoms. The third-order valence-electron chi connectivity index (χ3n) is 12.8. The molecule has 0 radical (unpaired) electrons. The summed E-state index contributed by atoms with van der Waals surface area (Å²) in [6.45, 7) is 14.3. The van der Waals surface area contributed by atoms with Crippen molar-refractivity contribution >= 4 is 44.3 Å². The standard InChI is InChI=1S/C54H50N2/c1-7-54(6,56(45-24-12-9-13-25-45)47-31-27-39-19-15-17-21-41(39)35-47)43-29-33-49-48-32-28-42(36-50(48)52(2,3)51(49)37-43)53(4,5)55(44-22-10-8-11-23-44)46-30-26-38-18-14-16-20-40(38)34-46/h8-37H,7H2,1-6H3. The highest BCUT2D eigenvalue weighted by Crippen LogP contribution is 2.53. The molecule has 2 heteroatoms. The van der Waals surface area contributed by atoms with E-state index in [0.717, 1.165) is 6.42 Å². The Morgan fingerprint density at radius 1 is 0.411 bits per heavy atom. The Labute approximate surface area is 332 Å². The molecule has 0 saturated carbocycles. The summed E-state index contributed by atoms with van der Waals surface area (Å²) in [5, 5.41) is 5.00. The SMILES string of the molecule is CCC(C)(c1ccc2c(c1)C(C)(C)c1cc(C(C)(C)N(c3ccccc3)c3ccc4ccccc4c3)ccc1-2)N(c1ccccc1)c1ccc2ccccc2c1. The lowest BCUT2D eigenvalue weighted by atomic mass is 9.78. The lowest BCUT2D eigenvalue weighted by Crippen LogP contribution is -2.40. The number of fused-ring (bicyclic) bond motifs is 5. The smallest absolute Gasteiger partial charge is 0.0671 e. The maximum Gasteiger partial charge on any atom is 0.0671 e. The molecule has 0 fully saturated rings. The molecule has 0 aliphatic heterocycles. The summed E-state index contributed by atoms with van der Waals surface area (Å²) in [5.41, 5.74) is 11.9. The second-order valence-corrected chi connectivity index (χ2v) is 16.7. The predicted molar refractivity (Wildman–Crippen MR) is 240 cm³/mol. The van der Waals surface area contributed by atoms with Crippen molar-refractivity contribution in [2.24, 2.45) is 0 Å². The summed E-state index contributed by atoms with van der Waals surface area (Å²) in [6, 6.07) is 67.3. The number of anilines is 4. The highest BCUT2D eigenvalue weighted by atomic mass is 15.2. The van der Waals surface area contributed by atoms with E-state index in [0.29, 0.717) is 0 Å². The van der Waals surface area contributed by atoms with Crippen molar-refractivity contribution in [2.45, 2.75) is 64.5 Å². The third kappa shape index (κ3) is 5.78. The molecule has 8 aromatic carbocycles. The fourth-order valence-corrected chi connectivity index (χ4v) is 9.37. The molecule has 0 bridgehead atoms. The first kappa shape index (κ1) is 35.6. The van der Waals surface area contributed by atoms with Crippen molar-refractivity contribution < 1.29 is 0 Å². The van der Waals surface area contributed by atoms with Gasteiger partial charge in [-0.1, -0.05) is 154 Å². The van der Waals surface area contributed by atoms with Crippen LogP contribution in [0.2, 0.25) is 0 Å². The molecule has 0 spiro atoms. The van der Waals surface area contributed by atoms with Gasteiger partial charge >= 0.3 is 0 Å². The Hall–Kier alpha value is -6.12. The van der Waals surface area contributed by atoms with E-state index in [4.69, 9.17) is 0 Å². The zero-order chi connectivity index (χ0) is 38.7. The summed E-state index contributed by atoms with van der Waals surface area (Å²) >= 11 is 0. The maximum absolute atomic E-state index is 2.56. The molecule has 1 atom stereocenters. The van der Waals surface area contributed by atoms with E-state index in [1.165, 1.54) is 77.7 Å². The number of rotatable bonds is 9. The Morgan fingerprint density at radius 2 is 0.839 bits per heavy atom. The molecule has 1 aliphatic carbocycles. The van der Waals surface area contributed by atoms with Crippen LogP contribution in [0.15, 0.2) is 182 Å². The van der Waals surface area contributed by atoms with Gasteiger partial charge in [0.1, 0.15) is 0 Å². The zero-order valence-corrected chi connectivity index (χ0v) is 33.4. The van der Waals surface area contributed by atoms with Crippen molar-refractivity contribution in [2.75, 3.05) is 9.80 Å². The average Bonchev–Trinajstić information content (AvgIpc) is 3.46. The van der Waals surface area contributed by atoms with Gasteiger partial charge in [-0.25, -0.2) is 0 Å². The third-order valence-corrected chi connectivity index (χ3v) is 12.8. The molecule has 0 saturated heterocycles. The van der Waals surface area contributed by atoms with Crippen molar-refractivity contribution in [3.8, 4) is 11.1 Å². The van der Waals surface area contributed by atoms with Gasteiger partial charge in [-0.05, 0) is 131 Å². The van der Waals surface area contributed by atoms with Crippen molar-refractivity contribution in [1.29, 1.82) is 0 Å². The second-order valence-electron chi connectivity index (χ2n) is 16.7. The van der Waals surface area contributed by atoms with Crippen molar-refractivity contribution in [1.82, 2.24) is 0 Å². The highest BCUT2D eigenvalue weighted by Gasteiger charge is 2.41. The summed E-state index contributed by atoms with van der Waals surface area (Å²) in [4.78, 5) is 5.06. The molecule has 2 nitrogen and oxygen atoms in total. The molecule has 9 rings (SSSR count). The summed E-state index contributed by atoms with van der Waals surface area (Å²) in [5.74, 6) is 0. The van der Waals surface area contributed by atoms with Gasteiger partial charge in [-0.3, -0.25) is 0 Å². The monoisotopic (exact) mass is 726 g/mol. The van der Waals surface area contributed by atoms with E-state index >= 15 is 0 Å². The van der Waals surface area contributed by atoms with Gasteiger partial charge in [0.2, 0.25) is 0 Å². The lowest BCUT2D eigenvalue weighted by molar-refractivity contribution is 0.462. The first-order valence-electron chi connectivity index (χ1n) is 20.1. The largest absolute Gasteiger partial charge is 0.332 e. The van der Waals surface area contributed by atoms with E-state index in [2.05, 4.69) is 233 Å². The van der Waals surface area contributed by atoms with Gasteiger partial charge in [0, 0.05) is 28.2 Å². The van der Waals surface area contributed by atoms with Gasteiger partial charge in [0.05, 0.1) is 11.1 Å². The number of hydrogen-bond donors (Lipinski definition) is 0. The van der Waals surface area contributed by atoms with Crippen LogP contribution >= 0.6 is 0 Å². The molecule has 0 heterocycles. The second kappa shape index (κ2) is 13.6. The minimum absolute atomic E-state index is 0.192. The van der Waals surface area contributed by atoms with Crippen LogP contribution in [0.25, 0.3) is 32.7 Å². The molecule has 1 aliphatic rings. The van der Waals surface area contributed by atoms with E-state index in [1.54, 1.807) is 0 Å². The van der Waals surface area contributed by atoms with E-state index < -0.39 is 0 Å². The number of para-hydroxylation sites is 2. The fraction of sp³-hybridized carbons (Fsp3) is 0.185. The van der Waals surface area contributed by atoms with E-state index in [1.807, 2.05) is 0 Å². The normalized spacial score (nSPS) is 14.2. The minimum Gasteiger partial charge on any atom is -0.332 e. The molecule has 0 aromatic heterocycles. The lowest BCUT2D eigenvalue weighted by Gasteiger charge is -2.44. The van der Waals surface area contributed by atoms with Crippen LogP contribution in [-0.2, 0) is 16.5 Å². The number of nitrogens with zero attached hydrogens (tertiary/aromatic N) is 2. The molecule has 8 aromatic rings. The Bertz CT molecular complexity index is 2710. The van der Waals surface area contributed by atoms with Crippen molar-refractivity contribution in [3.05, 3.63) is 204 Å². The molecular weight excluding hydrogens is 677 g/mol. The first-order chi connectivity index (χ1) is 27.1. The van der Waals surface area contributed by atoms with Gasteiger partial charge in [-0.15, -0.1) is 0 Å². The fourth-order valence-electron chi connectivity index (χ4n) is 9.37. The summed E-state index contributed by atoms with van der Waals surface area (Å²) < 4.78 is 0. The van der Waals surface area contributed by atoms with Crippen molar-refractivity contribution in [3.63, 3.8) is 0 Å². The van der Waals surface area contributed by atoms with Crippen LogP contribution < -0.4 is 9.80 Å². The van der Waals surface area contributed by atoms with Crippen LogP contribution in [0.5, 0.6) is 0 Å². The van der Waals surface area contributed by atoms with Crippen LogP contribution in [0.1, 0.15) is 70.2 Å². The Morgan fingerprint density at radius 3 is 1.36 bits per heavy atom. The van der Waals surface area contributed by atoms with Crippen LogP contribution in [0.3, 0.4) is 0 Å². The van der Waals surface area contributed by atoms with Crippen LogP contribution in [0, 0.1) is 0 Å². The van der Waals surface area contributed by atoms with Crippen LogP contribution in [0.4, 0.5) is 22.7 Å². The minimum atomic E-state index is -0.355. The zero-order valence-electron chi connectivity index (χ0n) is 33.4. The summed E-state index contributed by atoms with van der Waals surface area (Å²) in [7, 11) is 0. The highest BCUT2D eigenvalue weighted by molar-refractivity contribution is 5.89. The van der Waals surface area contributed by atoms with Gasteiger partial charge in [-0.2, -0.15) is 0 Å². The molecule has 1 unspecified atom stereocenters. The van der Waals surface area contributed by atoms with Gasteiger partial charge in [0.15, 0.2) is 0 Å². The molecule has 0 amide bonds.